The summed E-state index contributed by atoms with van der Waals surface area (Å²) in [6.07, 6.45) is 1.52. The summed E-state index contributed by atoms with van der Waals surface area (Å²) >= 11 is 0. The second kappa shape index (κ2) is 4.78. The number of hydrogen-bond donors (Lipinski definition) is 2. The normalized spacial score (nSPS) is 12.3. The van der Waals surface area contributed by atoms with E-state index in [-0.39, 0.29) is 12.5 Å². The molecule has 1 aromatic carbocycles. The monoisotopic (exact) mass is 231 g/mol. The molecular formula is C12H13N3O2. The molecule has 2 rings (SSSR count). The Kier molecular flexibility index (Phi) is 3.18. The van der Waals surface area contributed by atoms with Crippen LogP contribution in [0.25, 0.3) is 10.9 Å². The van der Waals surface area contributed by atoms with Gasteiger partial charge in [-0.1, -0.05) is 12.1 Å². The highest BCUT2D eigenvalue weighted by atomic mass is 16.4. The molecule has 1 unspecified atom stereocenters. The number of nitrogens with one attached hydrogen (secondary N) is 1. The molecule has 2 aromatic rings. The zero-order chi connectivity index (χ0) is 12.3. The maximum Gasteiger partial charge on any atom is 0.305 e. The number of hydrogen-bond acceptors (Lipinski definition) is 4. The van der Waals surface area contributed by atoms with Gasteiger partial charge in [0.25, 0.3) is 0 Å². The fourth-order valence-electron chi connectivity index (χ4n) is 1.67. The first-order valence-electron chi connectivity index (χ1n) is 5.35. The van der Waals surface area contributed by atoms with E-state index < -0.39 is 5.97 Å². The van der Waals surface area contributed by atoms with Crippen molar-refractivity contribution in [1.29, 1.82) is 0 Å². The minimum atomic E-state index is -0.830. The third-order valence-electron chi connectivity index (χ3n) is 2.41. The van der Waals surface area contributed by atoms with E-state index in [1.165, 1.54) is 6.33 Å². The van der Waals surface area contributed by atoms with Crippen LogP contribution in [0.3, 0.4) is 0 Å². The number of carbonyl (C=O) groups is 1. The summed E-state index contributed by atoms with van der Waals surface area (Å²) in [7, 11) is 0. The van der Waals surface area contributed by atoms with Crippen molar-refractivity contribution >= 4 is 22.7 Å². The quantitative estimate of drug-likeness (QED) is 0.840. The zero-order valence-electron chi connectivity index (χ0n) is 9.42. The van der Waals surface area contributed by atoms with Gasteiger partial charge in [0.05, 0.1) is 11.9 Å². The molecule has 2 N–H and O–H groups in total. The molecule has 0 aliphatic rings. The first-order chi connectivity index (χ1) is 8.16. The minimum absolute atomic E-state index is 0.0539. The number of para-hydroxylation sites is 1. The Morgan fingerprint density at radius 3 is 2.94 bits per heavy atom. The van der Waals surface area contributed by atoms with Crippen LogP contribution in [0.4, 0.5) is 5.82 Å². The van der Waals surface area contributed by atoms with Crippen molar-refractivity contribution < 1.29 is 9.90 Å². The third kappa shape index (κ3) is 2.69. The summed E-state index contributed by atoms with van der Waals surface area (Å²) in [5.74, 6) is -0.160. The summed E-state index contributed by atoms with van der Waals surface area (Å²) in [5, 5.41) is 12.7. The molecule has 1 aromatic heterocycles. The number of carboxylic acid groups (broad SMARTS) is 1. The van der Waals surface area contributed by atoms with E-state index in [1.54, 1.807) is 0 Å². The number of carboxylic acids is 1. The fraction of sp³-hybridized carbons (Fsp3) is 0.250. The first kappa shape index (κ1) is 11.3. The van der Waals surface area contributed by atoms with Crippen LogP contribution in [0.15, 0.2) is 30.6 Å². The van der Waals surface area contributed by atoms with Crippen molar-refractivity contribution in [3.8, 4) is 0 Å². The summed E-state index contributed by atoms with van der Waals surface area (Å²) < 4.78 is 0. The van der Waals surface area contributed by atoms with Gasteiger partial charge in [0, 0.05) is 11.4 Å². The Balaban J connectivity index is 2.26. The topological polar surface area (TPSA) is 75.1 Å². The Morgan fingerprint density at radius 1 is 1.41 bits per heavy atom. The highest BCUT2D eigenvalue weighted by molar-refractivity contribution is 5.88. The molecular weight excluding hydrogens is 218 g/mol. The standard InChI is InChI=1S/C12H13N3O2/c1-8(6-11(16)17)15-12-9-4-2-3-5-10(9)13-7-14-12/h2-5,7-8H,6H2,1H3,(H,16,17)(H,13,14,15). The van der Waals surface area contributed by atoms with E-state index in [0.717, 1.165) is 10.9 Å². The summed E-state index contributed by atoms with van der Waals surface area (Å²) in [6.45, 7) is 1.81. The molecule has 0 aliphatic carbocycles. The van der Waals surface area contributed by atoms with Crippen LogP contribution in [0, 0.1) is 0 Å². The molecule has 5 heteroatoms. The van der Waals surface area contributed by atoms with Crippen LogP contribution in [0.5, 0.6) is 0 Å². The number of fused-ring (bicyclic) bond motifs is 1. The van der Waals surface area contributed by atoms with Crippen LogP contribution in [0.2, 0.25) is 0 Å². The largest absolute Gasteiger partial charge is 0.481 e. The van der Waals surface area contributed by atoms with Gasteiger partial charge in [-0.3, -0.25) is 4.79 Å². The van der Waals surface area contributed by atoms with Gasteiger partial charge in [-0.2, -0.15) is 0 Å². The molecule has 88 valence electrons. The van der Waals surface area contributed by atoms with Crippen LogP contribution in [-0.2, 0) is 4.79 Å². The first-order valence-corrected chi connectivity index (χ1v) is 5.35. The van der Waals surface area contributed by atoms with E-state index in [1.807, 2.05) is 31.2 Å². The molecule has 0 amide bonds. The van der Waals surface area contributed by atoms with Crippen molar-refractivity contribution in [3.05, 3.63) is 30.6 Å². The summed E-state index contributed by atoms with van der Waals surface area (Å²) in [5.41, 5.74) is 0.840. The van der Waals surface area contributed by atoms with Crippen LogP contribution in [-0.4, -0.2) is 27.1 Å². The van der Waals surface area contributed by atoms with E-state index >= 15 is 0 Å². The van der Waals surface area contributed by atoms with E-state index in [0.29, 0.717) is 5.82 Å². The Labute approximate surface area is 98.5 Å². The molecule has 0 fully saturated rings. The average molecular weight is 231 g/mol. The van der Waals surface area contributed by atoms with Crippen molar-refractivity contribution in [1.82, 2.24) is 9.97 Å². The lowest BCUT2D eigenvalue weighted by Crippen LogP contribution is -2.20. The van der Waals surface area contributed by atoms with Crippen molar-refractivity contribution in [2.45, 2.75) is 19.4 Å². The molecule has 0 spiro atoms. The lowest BCUT2D eigenvalue weighted by Gasteiger charge is -2.13. The molecule has 17 heavy (non-hydrogen) atoms. The van der Waals surface area contributed by atoms with E-state index in [4.69, 9.17) is 5.11 Å². The highest BCUT2D eigenvalue weighted by Gasteiger charge is 2.09. The highest BCUT2D eigenvalue weighted by Crippen LogP contribution is 2.19. The second-order valence-corrected chi connectivity index (χ2v) is 3.88. The van der Waals surface area contributed by atoms with Gasteiger partial charge in [0.1, 0.15) is 12.1 Å². The molecule has 0 aliphatic heterocycles. The van der Waals surface area contributed by atoms with Gasteiger partial charge in [-0.05, 0) is 19.1 Å². The molecule has 1 heterocycles. The lowest BCUT2D eigenvalue weighted by molar-refractivity contribution is -0.137. The van der Waals surface area contributed by atoms with Gasteiger partial charge in [0.15, 0.2) is 0 Å². The Bertz CT molecular complexity index is 537. The smallest absolute Gasteiger partial charge is 0.305 e. The van der Waals surface area contributed by atoms with Gasteiger partial charge >= 0.3 is 5.97 Å². The number of benzene rings is 1. The molecule has 0 radical (unpaired) electrons. The number of rotatable bonds is 4. The number of aromatic nitrogens is 2. The van der Waals surface area contributed by atoms with Gasteiger partial charge in [-0.25, -0.2) is 9.97 Å². The van der Waals surface area contributed by atoms with Crippen LogP contribution < -0.4 is 5.32 Å². The third-order valence-corrected chi connectivity index (χ3v) is 2.41. The van der Waals surface area contributed by atoms with Crippen LogP contribution >= 0.6 is 0 Å². The van der Waals surface area contributed by atoms with Gasteiger partial charge in [0.2, 0.25) is 0 Å². The fourth-order valence-corrected chi connectivity index (χ4v) is 1.67. The zero-order valence-corrected chi connectivity index (χ0v) is 9.42. The lowest BCUT2D eigenvalue weighted by atomic mass is 10.2. The predicted octanol–water partition coefficient (Wildman–Crippen LogP) is 1.90. The van der Waals surface area contributed by atoms with Crippen molar-refractivity contribution in [2.75, 3.05) is 5.32 Å². The summed E-state index contributed by atoms with van der Waals surface area (Å²) in [6, 6.07) is 7.43. The van der Waals surface area contributed by atoms with Crippen LogP contribution in [0.1, 0.15) is 13.3 Å². The van der Waals surface area contributed by atoms with Crippen molar-refractivity contribution in [3.63, 3.8) is 0 Å². The minimum Gasteiger partial charge on any atom is -0.481 e. The SMILES string of the molecule is CC(CC(=O)O)Nc1ncnc2ccccc12. The molecule has 0 saturated heterocycles. The molecule has 5 nitrogen and oxygen atoms in total. The Hall–Kier alpha value is -2.17. The van der Waals surface area contributed by atoms with E-state index in [9.17, 15) is 4.79 Å². The maximum atomic E-state index is 10.6. The molecule has 0 bridgehead atoms. The predicted molar refractivity (Wildman–Crippen MR) is 64.9 cm³/mol. The van der Waals surface area contributed by atoms with Gasteiger partial charge in [-0.15, -0.1) is 0 Å². The average Bonchev–Trinajstić information content (AvgIpc) is 2.28. The van der Waals surface area contributed by atoms with E-state index in [2.05, 4.69) is 15.3 Å². The number of anilines is 1. The molecule has 0 saturated carbocycles. The maximum absolute atomic E-state index is 10.6. The number of nitrogens with zero attached hydrogens (tertiary/aromatic N) is 2. The number of aliphatic carboxylic acids is 1. The summed E-state index contributed by atoms with van der Waals surface area (Å²) in [4.78, 5) is 18.9. The van der Waals surface area contributed by atoms with Gasteiger partial charge < -0.3 is 10.4 Å². The second-order valence-electron chi connectivity index (χ2n) is 3.88. The Morgan fingerprint density at radius 2 is 2.18 bits per heavy atom. The molecule has 1 atom stereocenters. The van der Waals surface area contributed by atoms with Crippen molar-refractivity contribution in [2.24, 2.45) is 0 Å².